The molecule has 0 aliphatic rings. The van der Waals surface area contributed by atoms with Crippen molar-refractivity contribution >= 4 is 11.2 Å². The molecule has 4 heterocycles. The quantitative estimate of drug-likeness (QED) is 0.185. The molecule has 190 valence electrons. The molecule has 0 saturated heterocycles. The van der Waals surface area contributed by atoms with Gasteiger partial charge in [0.2, 0.25) is 0 Å². The molecule has 0 aliphatic carbocycles. The minimum Gasteiger partial charge on any atom is -0.396 e. The van der Waals surface area contributed by atoms with Crippen molar-refractivity contribution in [3.05, 3.63) is 96.0 Å². The number of alkyl halides is 3. The maximum absolute atomic E-state index is 14.3. The topological polar surface area (TPSA) is 69.4 Å². The molecule has 0 fully saturated rings. The van der Waals surface area contributed by atoms with Crippen LogP contribution in [0.3, 0.4) is 0 Å². The van der Waals surface area contributed by atoms with Crippen molar-refractivity contribution in [2.45, 2.75) is 25.4 Å². The van der Waals surface area contributed by atoms with Gasteiger partial charge >= 0.3 is 27.2 Å². The predicted octanol–water partition coefficient (Wildman–Crippen LogP) is 5.49. The molecule has 5 aromatic rings. The van der Waals surface area contributed by atoms with E-state index in [2.05, 4.69) is 37.3 Å². The van der Waals surface area contributed by atoms with Crippen LogP contribution >= 0.6 is 0 Å². The Labute approximate surface area is 221 Å². The van der Waals surface area contributed by atoms with Crippen LogP contribution in [0.25, 0.3) is 28.2 Å². The van der Waals surface area contributed by atoms with Gasteiger partial charge in [-0.05, 0) is 31.7 Å². The zero-order valence-corrected chi connectivity index (χ0v) is 21.4. The third-order valence-electron chi connectivity index (χ3n) is 5.65. The first kappa shape index (κ1) is 26.5. The van der Waals surface area contributed by atoms with Crippen molar-refractivity contribution in [2.24, 2.45) is 0 Å². The Kier molecular flexibility index (Phi) is 6.94. The number of benzene rings is 1. The first-order valence-electron chi connectivity index (χ1n) is 10.6. The second-order valence-corrected chi connectivity index (χ2v) is 8.39. The summed E-state index contributed by atoms with van der Waals surface area (Å²) in [5.41, 5.74) is -1.17. The standard InChI is InChI=1S/C25H15F5N6.Pt/c1-24(2,18-6-3-5-17(34-18)15-10-9-14(26)11-16(15)27)19-7-4-8-20(35-19)36-13-33-21-22(25(28,29)30)31-12-32-23(21)36;/h3-9,11-12H,1-2H3;/q-2;+2. The van der Waals surface area contributed by atoms with Crippen molar-refractivity contribution in [2.75, 3.05) is 0 Å². The van der Waals surface area contributed by atoms with E-state index in [1.54, 1.807) is 36.4 Å². The van der Waals surface area contributed by atoms with Gasteiger partial charge in [-0.25, -0.2) is 4.98 Å². The number of nitrogens with zero attached hydrogens (tertiary/aromatic N) is 6. The van der Waals surface area contributed by atoms with Crippen LogP contribution in [-0.2, 0) is 32.7 Å². The number of halogens is 5. The van der Waals surface area contributed by atoms with Gasteiger partial charge in [-0.3, -0.25) is 18.7 Å². The summed E-state index contributed by atoms with van der Waals surface area (Å²) in [5.74, 6) is -1.30. The summed E-state index contributed by atoms with van der Waals surface area (Å²) < 4.78 is 68.8. The fraction of sp³-hybridized carbons (Fsp3) is 0.160. The molecule has 0 N–H and O–H groups in total. The summed E-state index contributed by atoms with van der Waals surface area (Å²) >= 11 is 0. The van der Waals surface area contributed by atoms with Crippen LogP contribution in [0.2, 0.25) is 0 Å². The maximum atomic E-state index is 14.3. The SMILES string of the molecule is CC(C)(c1cccc(-c2[c-]cc(F)cc2F)n1)c1cccc(-n2[c-]nc3c(C(F)(F)F)ncnc32)n1.[Pt+2]. The molecule has 0 bridgehead atoms. The second-order valence-electron chi connectivity index (χ2n) is 8.39. The van der Waals surface area contributed by atoms with E-state index in [1.165, 1.54) is 4.57 Å². The van der Waals surface area contributed by atoms with Gasteiger partial charge in [0.25, 0.3) is 0 Å². The fourth-order valence-electron chi connectivity index (χ4n) is 3.74. The van der Waals surface area contributed by atoms with Crippen LogP contribution in [0.1, 0.15) is 30.9 Å². The normalized spacial score (nSPS) is 12.0. The average molecular weight is 690 g/mol. The predicted molar refractivity (Wildman–Crippen MR) is 119 cm³/mol. The molecular formula is C25H15F5N6Pt. The Balaban J connectivity index is 0.00000320. The van der Waals surface area contributed by atoms with Crippen LogP contribution in [-0.4, -0.2) is 29.5 Å². The summed E-state index contributed by atoms with van der Waals surface area (Å²) in [6, 6.07) is 14.4. The summed E-state index contributed by atoms with van der Waals surface area (Å²) in [5, 5.41) is 0. The third-order valence-corrected chi connectivity index (χ3v) is 5.65. The van der Waals surface area contributed by atoms with Gasteiger partial charge in [-0.2, -0.15) is 13.2 Å². The number of fused-ring (bicyclic) bond motifs is 1. The number of hydrogen-bond donors (Lipinski definition) is 0. The van der Waals surface area contributed by atoms with Gasteiger partial charge in [0.05, 0.1) is 5.82 Å². The number of rotatable bonds is 4. The fourth-order valence-corrected chi connectivity index (χ4v) is 3.74. The van der Waals surface area contributed by atoms with Crippen molar-refractivity contribution in [3.63, 3.8) is 0 Å². The molecule has 0 amide bonds. The van der Waals surface area contributed by atoms with Gasteiger partial charge in [0, 0.05) is 45.9 Å². The van der Waals surface area contributed by atoms with E-state index in [0.717, 1.165) is 18.5 Å². The number of aromatic nitrogens is 6. The van der Waals surface area contributed by atoms with E-state index >= 15 is 0 Å². The summed E-state index contributed by atoms with van der Waals surface area (Å²) in [6.45, 7) is 3.69. The summed E-state index contributed by atoms with van der Waals surface area (Å²) in [6.07, 6.45) is -1.38. The van der Waals surface area contributed by atoms with Gasteiger partial charge in [-0.15, -0.1) is 12.1 Å². The van der Waals surface area contributed by atoms with Gasteiger partial charge in [0.15, 0.2) is 0 Å². The molecule has 6 nitrogen and oxygen atoms in total. The van der Waals surface area contributed by atoms with Crippen LogP contribution in [0.4, 0.5) is 22.0 Å². The zero-order chi connectivity index (χ0) is 25.7. The molecule has 5 rings (SSSR count). The Bertz CT molecular complexity index is 1600. The van der Waals surface area contributed by atoms with E-state index in [9.17, 15) is 22.0 Å². The van der Waals surface area contributed by atoms with Crippen molar-refractivity contribution in [1.82, 2.24) is 29.5 Å². The van der Waals surface area contributed by atoms with E-state index in [1.807, 2.05) is 13.8 Å². The zero-order valence-electron chi connectivity index (χ0n) is 19.1. The number of pyridine rings is 2. The molecule has 0 saturated carbocycles. The van der Waals surface area contributed by atoms with Crippen LogP contribution in [0.5, 0.6) is 0 Å². The maximum Gasteiger partial charge on any atom is 2.00 e. The van der Waals surface area contributed by atoms with Crippen LogP contribution < -0.4 is 0 Å². The van der Waals surface area contributed by atoms with Crippen molar-refractivity contribution < 1.29 is 43.0 Å². The van der Waals surface area contributed by atoms with Crippen molar-refractivity contribution in [3.8, 4) is 17.1 Å². The molecule has 12 heteroatoms. The third kappa shape index (κ3) is 4.87. The molecular weight excluding hydrogens is 674 g/mol. The molecule has 0 radical (unpaired) electrons. The van der Waals surface area contributed by atoms with E-state index < -0.39 is 34.4 Å². The largest absolute Gasteiger partial charge is 2.00 e. The Morgan fingerprint density at radius 1 is 0.919 bits per heavy atom. The summed E-state index contributed by atoms with van der Waals surface area (Å²) in [4.78, 5) is 20.2. The van der Waals surface area contributed by atoms with Crippen LogP contribution in [0, 0.1) is 24.0 Å². The smallest absolute Gasteiger partial charge is 0.396 e. The molecule has 0 aliphatic heterocycles. The number of imidazole rings is 1. The first-order chi connectivity index (χ1) is 17.1. The minimum absolute atomic E-state index is 0. The van der Waals surface area contributed by atoms with Gasteiger partial charge in [-0.1, -0.05) is 35.9 Å². The van der Waals surface area contributed by atoms with Gasteiger partial charge in [0.1, 0.15) is 12.0 Å². The Morgan fingerprint density at radius 2 is 1.62 bits per heavy atom. The molecule has 0 spiro atoms. The van der Waals surface area contributed by atoms with Crippen molar-refractivity contribution in [1.29, 1.82) is 0 Å². The molecule has 4 aromatic heterocycles. The molecule has 37 heavy (non-hydrogen) atoms. The van der Waals surface area contributed by atoms with Crippen LogP contribution in [0.15, 0.2) is 54.9 Å². The monoisotopic (exact) mass is 689 g/mol. The summed E-state index contributed by atoms with van der Waals surface area (Å²) in [7, 11) is 0. The van der Waals surface area contributed by atoms with E-state index in [-0.39, 0.29) is 43.8 Å². The molecule has 0 unspecified atom stereocenters. The first-order valence-corrected chi connectivity index (χ1v) is 10.6. The molecule has 1 aromatic carbocycles. The second kappa shape index (κ2) is 9.70. The Morgan fingerprint density at radius 3 is 2.32 bits per heavy atom. The van der Waals surface area contributed by atoms with E-state index in [4.69, 9.17) is 0 Å². The van der Waals surface area contributed by atoms with Gasteiger partial charge < -0.3 is 14.5 Å². The number of hydrogen-bond acceptors (Lipinski definition) is 5. The Hall–Kier alpha value is -3.59. The molecule has 0 atom stereocenters. The average Bonchev–Trinajstić information content (AvgIpc) is 3.28. The minimum atomic E-state index is -4.70. The van der Waals surface area contributed by atoms with E-state index in [0.29, 0.717) is 11.4 Å².